The maximum absolute atomic E-state index is 6.06. The maximum atomic E-state index is 6.06. The third-order valence-corrected chi connectivity index (χ3v) is 3.28. The van der Waals surface area contributed by atoms with Crippen LogP contribution in [0.15, 0.2) is 36.5 Å². The summed E-state index contributed by atoms with van der Waals surface area (Å²) in [7, 11) is 1.68. The van der Waals surface area contributed by atoms with Gasteiger partial charge >= 0.3 is 0 Å². The van der Waals surface area contributed by atoms with Crippen molar-refractivity contribution >= 4 is 17.3 Å². The Kier molecular flexibility index (Phi) is 4.27. The Morgan fingerprint density at radius 1 is 1.32 bits per heavy atom. The van der Waals surface area contributed by atoms with Gasteiger partial charge in [0.15, 0.2) is 5.15 Å². The molecule has 100 valence electrons. The second-order valence-corrected chi connectivity index (χ2v) is 4.81. The van der Waals surface area contributed by atoms with Crippen LogP contribution in [0.2, 0.25) is 5.15 Å². The number of nitrogens with one attached hydrogen (secondary N) is 1. The molecule has 1 aromatic carbocycles. The first kappa shape index (κ1) is 13.7. The van der Waals surface area contributed by atoms with Crippen molar-refractivity contribution in [1.82, 2.24) is 4.98 Å². The second-order valence-electron chi connectivity index (χ2n) is 4.45. The Morgan fingerprint density at radius 3 is 2.79 bits per heavy atom. The van der Waals surface area contributed by atoms with Crippen LogP contribution in [-0.4, -0.2) is 12.1 Å². The zero-order chi connectivity index (χ0) is 13.8. The molecule has 0 spiro atoms. The first-order valence-corrected chi connectivity index (χ1v) is 6.51. The number of rotatable bonds is 4. The van der Waals surface area contributed by atoms with Crippen LogP contribution in [0.4, 0.5) is 5.69 Å². The standard InChI is InChI=1S/C15H17ClN2O/c1-10-6-7-14(19-3)12(9-10)11(2)18-13-5-4-8-17-15(13)16/h4-9,11,18H,1-3H3. The van der Waals surface area contributed by atoms with Crippen LogP contribution in [0.1, 0.15) is 24.1 Å². The Morgan fingerprint density at radius 2 is 2.11 bits per heavy atom. The number of methoxy groups -OCH3 is 1. The Labute approximate surface area is 118 Å². The molecule has 19 heavy (non-hydrogen) atoms. The van der Waals surface area contributed by atoms with Gasteiger partial charge in [0, 0.05) is 11.8 Å². The normalized spacial score (nSPS) is 12.0. The van der Waals surface area contributed by atoms with E-state index in [0.29, 0.717) is 5.15 Å². The molecule has 1 heterocycles. The fourth-order valence-electron chi connectivity index (χ4n) is 2.00. The van der Waals surface area contributed by atoms with E-state index in [2.05, 4.69) is 30.2 Å². The third-order valence-electron chi connectivity index (χ3n) is 2.98. The molecule has 0 fully saturated rings. The van der Waals surface area contributed by atoms with Crippen molar-refractivity contribution in [2.45, 2.75) is 19.9 Å². The van der Waals surface area contributed by atoms with E-state index in [1.807, 2.05) is 24.3 Å². The summed E-state index contributed by atoms with van der Waals surface area (Å²) in [6, 6.07) is 9.97. The molecule has 1 N–H and O–H groups in total. The Hall–Kier alpha value is -1.74. The third kappa shape index (κ3) is 3.18. The zero-order valence-electron chi connectivity index (χ0n) is 11.3. The van der Waals surface area contributed by atoms with Gasteiger partial charge in [-0.15, -0.1) is 0 Å². The number of anilines is 1. The Bertz CT molecular complexity index is 572. The number of aryl methyl sites for hydroxylation is 1. The van der Waals surface area contributed by atoms with E-state index in [9.17, 15) is 0 Å². The van der Waals surface area contributed by atoms with E-state index in [0.717, 1.165) is 17.0 Å². The highest BCUT2D eigenvalue weighted by molar-refractivity contribution is 6.31. The minimum Gasteiger partial charge on any atom is -0.496 e. The lowest BCUT2D eigenvalue weighted by molar-refractivity contribution is 0.408. The summed E-state index contributed by atoms with van der Waals surface area (Å²) in [6.45, 7) is 4.13. The molecule has 0 amide bonds. The molecular formula is C15H17ClN2O. The molecule has 1 unspecified atom stereocenters. The van der Waals surface area contributed by atoms with Gasteiger partial charge in [-0.25, -0.2) is 4.98 Å². The average Bonchev–Trinajstić information content (AvgIpc) is 2.41. The molecule has 0 saturated heterocycles. The van der Waals surface area contributed by atoms with Crippen LogP contribution in [0.3, 0.4) is 0 Å². The highest BCUT2D eigenvalue weighted by atomic mass is 35.5. The van der Waals surface area contributed by atoms with Crippen LogP contribution < -0.4 is 10.1 Å². The van der Waals surface area contributed by atoms with Gasteiger partial charge in [0.1, 0.15) is 5.75 Å². The molecule has 0 aliphatic heterocycles. The summed E-state index contributed by atoms with van der Waals surface area (Å²) in [4.78, 5) is 4.06. The fraction of sp³-hybridized carbons (Fsp3) is 0.267. The Balaban J connectivity index is 2.27. The van der Waals surface area contributed by atoms with E-state index < -0.39 is 0 Å². The van der Waals surface area contributed by atoms with Crippen molar-refractivity contribution in [3.8, 4) is 5.75 Å². The van der Waals surface area contributed by atoms with Gasteiger partial charge in [-0.1, -0.05) is 29.3 Å². The van der Waals surface area contributed by atoms with Crippen molar-refractivity contribution in [1.29, 1.82) is 0 Å². The van der Waals surface area contributed by atoms with Gasteiger partial charge in [0.05, 0.1) is 18.8 Å². The van der Waals surface area contributed by atoms with Crippen molar-refractivity contribution in [3.05, 3.63) is 52.8 Å². The lowest BCUT2D eigenvalue weighted by Gasteiger charge is -2.19. The molecule has 4 heteroatoms. The average molecular weight is 277 g/mol. The quantitative estimate of drug-likeness (QED) is 0.849. The largest absolute Gasteiger partial charge is 0.496 e. The zero-order valence-corrected chi connectivity index (χ0v) is 12.0. The summed E-state index contributed by atoms with van der Waals surface area (Å²) in [5.41, 5.74) is 3.12. The summed E-state index contributed by atoms with van der Waals surface area (Å²) < 4.78 is 5.40. The number of nitrogens with zero attached hydrogens (tertiary/aromatic N) is 1. The molecule has 1 atom stereocenters. The lowest BCUT2D eigenvalue weighted by Crippen LogP contribution is -2.09. The molecule has 1 aromatic heterocycles. The number of hydrogen-bond acceptors (Lipinski definition) is 3. The van der Waals surface area contributed by atoms with Crippen LogP contribution in [0.5, 0.6) is 5.75 Å². The summed E-state index contributed by atoms with van der Waals surface area (Å²) in [5.74, 6) is 0.866. The van der Waals surface area contributed by atoms with Gasteiger partial charge in [-0.2, -0.15) is 0 Å². The predicted molar refractivity (Wildman–Crippen MR) is 79.0 cm³/mol. The van der Waals surface area contributed by atoms with Gasteiger partial charge in [-0.05, 0) is 32.0 Å². The summed E-state index contributed by atoms with van der Waals surface area (Å²) in [5, 5.41) is 3.83. The maximum Gasteiger partial charge on any atom is 0.152 e. The summed E-state index contributed by atoms with van der Waals surface area (Å²) in [6.07, 6.45) is 1.67. The SMILES string of the molecule is COc1ccc(C)cc1C(C)Nc1cccnc1Cl. The number of pyridine rings is 1. The molecule has 0 radical (unpaired) electrons. The van der Waals surface area contributed by atoms with Crippen molar-refractivity contribution in [3.63, 3.8) is 0 Å². The van der Waals surface area contributed by atoms with Crippen molar-refractivity contribution in [2.75, 3.05) is 12.4 Å². The molecule has 3 nitrogen and oxygen atoms in total. The van der Waals surface area contributed by atoms with E-state index in [1.54, 1.807) is 13.3 Å². The minimum absolute atomic E-state index is 0.0801. The van der Waals surface area contributed by atoms with E-state index in [-0.39, 0.29) is 6.04 Å². The van der Waals surface area contributed by atoms with Gasteiger partial charge in [0.2, 0.25) is 0 Å². The molecule has 0 aliphatic carbocycles. The van der Waals surface area contributed by atoms with E-state index >= 15 is 0 Å². The highest BCUT2D eigenvalue weighted by Gasteiger charge is 2.13. The van der Waals surface area contributed by atoms with E-state index in [1.165, 1.54) is 5.56 Å². The second kappa shape index (κ2) is 5.93. The number of halogens is 1. The van der Waals surface area contributed by atoms with Gasteiger partial charge in [-0.3, -0.25) is 0 Å². The number of aromatic nitrogens is 1. The number of hydrogen-bond donors (Lipinski definition) is 1. The predicted octanol–water partition coefficient (Wildman–Crippen LogP) is 4.23. The topological polar surface area (TPSA) is 34.1 Å². The van der Waals surface area contributed by atoms with Crippen LogP contribution in [0.25, 0.3) is 0 Å². The van der Waals surface area contributed by atoms with Gasteiger partial charge in [0.25, 0.3) is 0 Å². The van der Waals surface area contributed by atoms with Crippen molar-refractivity contribution in [2.24, 2.45) is 0 Å². The fourth-order valence-corrected chi connectivity index (χ4v) is 2.17. The lowest BCUT2D eigenvalue weighted by atomic mass is 10.0. The van der Waals surface area contributed by atoms with Gasteiger partial charge < -0.3 is 10.1 Å². The number of ether oxygens (including phenoxy) is 1. The number of benzene rings is 1. The molecule has 0 aliphatic rings. The van der Waals surface area contributed by atoms with E-state index in [4.69, 9.17) is 16.3 Å². The van der Waals surface area contributed by atoms with Crippen LogP contribution in [0, 0.1) is 6.92 Å². The van der Waals surface area contributed by atoms with Crippen molar-refractivity contribution < 1.29 is 4.74 Å². The molecule has 2 rings (SSSR count). The molecule has 0 saturated carbocycles. The van der Waals surface area contributed by atoms with Crippen LogP contribution >= 0.6 is 11.6 Å². The minimum atomic E-state index is 0.0801. The summed E-state index contributed by atoms with van der Waals surface area (Å²) >= 11 is 6.06. The monoisotopic (exact) mass is 276 g/mol. The first-order chi connectivity index (χ1) is 9.11. The highest BCUT2D eigenvalue weighted by Crippen LogP contribution is 2.30. The molecule has 2 aromatic rings. The first-order valence-electron chi connectivity index (χ1n) is 6.13. The molecule has 0 bridgehead atoms. The van der Waals surface area contributed by atoms with Crippen LogP contribution in [-0.2, 0) is 0 Å². The smallest absolute Gasteiger partial charge is 0.152 e. The molecular weight excluding hydrogens is 260 g/mol.